The number of hydrogen-bond donors (Lipinski definition) is 1. The van der Waals surface area contributed by atoms with Crippen molar-refractivity contribution >= 4 is 28.1 Å². The molecule has 0 radical (unpaired) electrons. The molecule has 0 aliphatic heterocycles. The minimum atomic E-state index is -0.389. The predicted molar refractivity (Wildman–Crippen MR) is 62.3 cm³/mol. The van der Waals surface area contributed by atoms with Gasteiger partial charge in [0, 0.05) is 6.20 Å². The molecule has 1 aromatic heterocycles. The largest absolute Gasteiger partial charge is 0.486 e. The summed E-state index contributed by atoms with van der Waals surface area (Å²) in [5.41, 5.74) is 5.47. The number of nitrogen functional groups attached to an aromatic ring is 1. The molecule has 2 N–H and O–H groups in total. The van der Waals surface area contributed by atoms with E-state index in [1.165, 1.54) is 29.5 Å². The minimum Gasteiger partial charge on any atom is -0.486 e. The normalized spacial score (nSPS) is 10.4. The number of nitrogens with two attached hydrogens (primary N) is 1. The van der Waals surface area contributed by atoms with Gasteiger partial charge in [-0.15, -0.1) is 0 Å². The number of ether oxygens (including phenoxy) is 1. The highest BCUT2D eigenvalue weighted by atomic mass is 35.5. The van der Waals surface area contributed by atoms with E-state index < -0.39 is 0 Å². The van der Waals surface area contributed by atoms with E-state index in [1.54, 1.807) is 6.20 Å². The van der Waals surface area contributed by atoms with Crippen LogP contribution in [0.2, 0.25) is 5.02 Å². The summed E-state index contributed by atoms with van der Waals surface area (Å²) in [4.78, 5) is 4.78. The quantitative estimate of drug-likeness (QED) is 0.920. The molecule has 0 aliphatic carbocycles. The summed E-state index contributed by atoms with van der Waals surface area (Å²) in [6.45, 7) is 0.320. The van der Waals surface area contributed by atoms with Gasteiger partial charge in [0.2, 0.25) is 0 Å². The molecule has 0 amide bonds. The van der Waals surface area contributed by atoms with Crippen LogP contribution in [0.5, 0.6) is 5.75 Å². The van der Waals surface area contributed by atoms with E-state index in [0.717, 1.165) is 4.88 Å². The van der Waals surface area contributed by atoms with Gasteiger partial charge in [-0.1, -0.05) is 22.9 Å². The Bertz CT molecular complexity index is 503. The molecular formula is C10H8ClFN2OS. The smallest absolute Gasteiger partial charge is 0.180 e. The summed E-state index contributed by atoms with van der Waals surface area (Å²) < 4.78 is 18.2. The number of thiazole rings is 1. The maximum absolute atomic E-state index is 12.7. The lowest BCUT2D eigenvalue weighted by atomic mass is 10.3. The second-order valence-corrected chi connectivity index (χ2v) is 4.58. The Morgan fingerprint density at radius 2 is 2.31 bits per heavy atom. The van der Waals surface area contributed by atoms with Gasteiger partial charge in [-0.05, 0) is 18.2 Å². The van der Waals surface area contributed by atoms with Gasteiger partial charge in [-0.2, -0.15) is 0 Å². The van der Waals surface area contributed by atoms with Crippen molar-refractivity contribution in [2.75, 3.05) is 5.73 Å². The fourth-order valence-electron chi connectivity index (χ4n) is 1.13. The van der Waals surface area contributed by atoms with Gasteiger partial charge in [-0.3, -0.25) is 0 Å². The van der Waals surface area contributed by atoms with Crippen molar-refractivity contribution in [2.24, 2.45) is 0 Å². The van der Waals surface area contributed by atoms with Crippen LogP contribution in [0.25, 0.3) is 0 Å². The molecule has 0 saturated carbocycles. The zero-order chi connectivity index (χ0) is 11.5. The predicted octanol–water partition coefficient (Wildman–Crippen LogP) is 3.10. The van der Waals surface area contributed by atoms with Crippen LogP contribution in [-0.4, -0.2) is 4.98 Å². The van der Waals surface area contributed by atoms with Crippen molar-refractivity contribution in [3.05, 3.63) is 40.1 Å². The average molecular weight is 259 g/mol. The van der Waals surface area contributed by atoms with E-state index in [2.05, 4.69) is 4.98 Å². The third-order valence-corrected chi connectivity index (χ3v) is 2.93. The highest BCUT2D eigenvalue weighted by Gasteiger charge is 2.04. The molecule has 0 bridgehead atoms. The van der Waals surface area contributed by atoms with Crippen molar-refractivity contribution in [3.8, 4) is 5.75 Å². The van der Waals surface area contributed by atoms with E-state index in [0.29, 0.717) is 17.5 Å². The fourth-order valence-corrected chi connectivity index (χ4v) is 1.95. The van der Waals surface area contributed by atoms with Gasteiger partial charge in [0.25, 0.3) is 0 Å². The summed E-state index contributed by atoms with van der Waals surface area (Å²) in [6.07, 6.45) is 1.64. The standard InChI is InChI=1S/C10H8ClFN2OS/c11-8-3-6(12)1-2-9(8)15-5-7-4-14-10(13)16-7/h1-4H,5H2,(H2,13,14). The van der Waals surface area contributed by atoms with Crippen LogP contribution in [0.15, 0.2) is 24.4 Å². The van der Waals surface area contributed by atoms with Crippen LogP contribution in [0, 0.1) is 5.82 Å². The molecule has 16 heavy (non-hydrogen) atoms. The second kappa shape index (κ2) is 4.67. The van der Waals surface area contributed by atoms with Crippen LogP contribution < -0.4 is 10.5 Å². The van der Waals surface area contributed by atoms with Gasteiger partial charge in [-0.25, -0.2) is 9.37 Å². The monoisotopic (exact) mass is 258 g/mol. The lowest BCUT2D eigenvalue weighted by Gasteiger charge is -2.05. The summed E-state index contributed by atoms with van der Waals surface area (Å²) in [7, 11) is 0. The Kier molecular flexibility index (Phi) is 3.26. The third kappa shape index (κ3) is 2.62. The average Bonchev–Trinajstić information content (AvgIpc) is 2.63. The summed E-state index contributed by atoms with van der Waals surface area (Å²) in [6, 6.07) is 3.99. The zero-order valence-electron chi connectivity index (χ0n) is 8.11. The Labute approximate surface area is 101 Å². The molecule has 1 heterocycles. The van der Waals surface area contributed by atoms with Crippen LogP contribution in [0.1, 0.15) is 4.88 Å². The molecule has 0 spiro atoms. The maximum Gasteiger partial charge on any atom is 0.180 e. The lowest BCUT2D eigenvalue weighted by Crippen LogP contribution is -1.93. The molecule has 0 aliphatic rings. The minimum absolute atomic E-state index is 0.248. The number of rotatable bonds is 3. The Balaban J connectivity index is 2.04. The molecule has 0 unspecified atom stereocenters. The molecule has 84 valence electrons. The number of nitrogens with zero attached hydrogens (tertiary/aromatic N) is 1. The van der Waals surface area contributed by atoms with Gasteiger partial charge in [0.1, 0.15) is 18.2 Å². The summed E-state index contributed by atoms with van der Waals surface area (Å²) >= 11 is 7.14. The van der Waals surface area contributed by atoms with Crippen LogP contribution >= 0.6 is 22.9 Å². The van der Waals surface area contributed by atoms with Crippen molar-refractivity contribution in [1.29, 1.82) is 0 Å². The van der Waals surface area contributed by atoms with Crippen molar-refractivity contribution in [3.63, 3.8) is 0 Å². The highest BCUT2D eigenvalue weighted by molar-refractivity contribution is 7.15. The number of aromatic nitrogens is 1. The molecule has 6 heteroatoms. The first kappa shape index (κ1) is 11.2. The number of anilines is 1. The van der Waals surface area contributed by atoms with Crippen LogP contribution in [0.3, 0.4) is 0 Å². The van der Waals surface area contributed by atoms with E-state index >= 15 is 0 Å². The maximum atomic E-state index is 12.7. The summed E-state index contributed by atoms with van der Waals surface area (Å²) in [5, 5.41) is 0.737. The van der Waals surface area contributed by atoms with E-state index in [4.69, 9.17) is 22.1 Å². The number of halogens is 2. The van der Waals surface area contributed by atoms with E-state index in [-0.39, 0.29) is 10.8 Å². The molecule has 2 rings (SSSR count). The van der Waals surface area contributed by atoms with Crippen molar-refractivity contribution < 1.29 is 9.13 Å². The number of benzene rings is 1. The fraction of sp³-hybridized carbons (Fsp3) is 0.100. The molecule has 0 saturated heterocycles. The van der Waals surface area contributed by atoms with Crippen LogP contribution in [0.4, 0.5) is 9.52 Å². The van der Waals surface area contributed by atoms with Crippen molar-refractivity contribution in [2.45, 2.75) is 6.61 Å². The van der Waals surface area contributed by atoms with Crippen LogP contribution in [-0.2, 0) is 6.61 Å². The molecule has 0 atom stereocenters. The molecule has 3 nitrogen and oxygen atoms in total. The zero-order valence-corrected chi connectivity index (χ0v) is 9.69. The second-order valence-electron chi connectivity index (χ2n) is 3.03. The summed E-state index contributed by atoms with van der Waals surface area (Å²) in [5.74, 6) is 0.0504. The van der Waals surface area contributed by atoms with Gasteiger partial charge < -0.3 is 10.5 Å². The van der Waals surface area contributed by atoms with Gasteiger partial charge in [0.05, 0.1) is 9.90 Å². The third-order valence-electron chi connectivity index (χ3n) is 1.84. The topological polar surface area (TPSA) is 48.1 Å². The number of hydrogen-bond acceptors (Lipinski definition) is 4. The Morgan fingerprint density at radius 3 is 2.94 bits per heavy atom. The first-order chi connectivity index (χ1) is 7.65. The van der Waals surface area contributed by atoms with E-state index in [1.807, 2.05) is 0 Å². The highest BCUT2D eigenvalue weighted by Crippen LogP contribution is 2.26. The van der Waals surface area contributed by atoms with E-state index in [9.17, 15) is 4.39 Å². The molecule has 1 aromatic carbocycles. The lowest BCUT2D eigenvalue weighted by molar-refractivity contribution is 0.309. The van der Waals surface area contributed by atoms with Gasteiger partial charge in [0.15, 0.2) is 5.13 Å². The first-order valence-electron chi connectivity index (χ1n) is 4.43. The molecule has 2 aromatic rings. The Morgan fingerprint density at radius 1 is 1.50 bits per heavy atom. The van der Waals surface area contributed by atoms with Crippen molar-refractivity contribution in [1.82, 2.24) is 4.98 Å². The first-order valence-corrected chi connectivity index (χ1v) is 5.62. The molecular weight excluding hydrogens is 251 g/mol. The SMILES string of the molecule is Nc1ncc(COc2ccc(F)cc2Cl)s1. The molecule has 0 fully saturated rings. The van der Waals surface area contributed by atoms with Gasteiger partial charge >= 0.3 is 0 Å². The Hall–Kier alpha value is -1.33.